The number of benzene rings is 2. The van der Waals surface area contributed by atoms with Crippen molar-refractivity contribution in [1.82, 2.24) is 0 Å². The molecule has 0 aliphatic carbocycles. The third-order valence-corrected chi connectivity index (χ3v) is 2.74. The number of amides is 1. The molecule has 0 unspecified atom stereocenters. The average molecular weight is 298 g/mol. The fourth-order valence-corrected chi connectivity index (χ4v) is 1.78. The van der Waals surface area contributed by atoms with Gasteiger partial charge in [-0.2, -0.15) is 13.2 Å². The van der Waals surface area contributed by atoms with Gasteiger partial charge in [-0.25, -0.2) is 4.39 Å². The topological polar surface area (TPSA) is 55.1 Å². The van der Waals surface area contributed by atoms with Gasteiger partial charge >= 0.3 is 6.18 Å². The number of anilines is 2. The summed E-state index contributed by atoms with van der Waals surface area (Å²) >= 11 is 0. The molecule has 0 heterocycles. The van der Waals surface area contributed by atoms with Gasteiger partial charge in [-0.1, -0.05) is 12.1 Å². The molecule has 0 atom stereocenters. The number of halogens is 4. The quantitative estimate of drug-likeness (QED) is 0.656. The van der Waals surface area contributed by atoms with E-state index >= 15 is 0 Å². The molecule has 0 saturated carbocycles. The second-order valence-corrected chi connectivity index (χ2v) is 4.23. The predicted octanol–water partition coefficient (Wildman–Crippen LogP) is 3.68. The maximum Gasteiger partial charge on any atom is 0.418 e. The van der Waals surface area contributed by atoms with Crippen molar-refractivity contribution in [1.29, 1.82) is 0 Å². The van der Waals surface area contributed by atoms with E-state index in [9.17, 15) is 22.4 Å². The number of para-hydroxylation sites is 1. The highest BCUT2D eigenvalue weighted by molar-refractivity contribution is 6.08. The van der Waals surface area contributed by atoms with E-state index in [1.807, 2.05) is 0 Å². The van der Waals surface area contributed by atoms with Crippen molar-refractivity contribution in [2.75, 3.05) is 11.1 Å². The second kappa shape index (κ2) is 5.43. The molecule has 0 aliphatic rings. The van der Waals surface area contributed by atoms with Gasteiger partial charge in [-0.3, -0.25) is 4.79 Å². The van der Waals surface area contributed by atoms with Crippen molar-refractivity contribution in [3.8, 4) is 0 Å². The summed E-state index contributed by atoms with van der Waals surface area (Å²) < 4.78 is 51.1. The van der Waals surface area contributed by atoms with Crippen LogP contribution in [-0.4, -0.2) is 5.91 Å². The third kappa shape index (κ3) is 3.31. The van der Waals surface area contributed by atoms with Crippen LogP contribution < -0.4 is 11.1 Å². The molecule has 0 saturated heterocycles. The Labute approximate surface area is 117 Å². The molecule has 1 amide bonds. The Hall–Kier alpha value is -2.57. The zero-order valence-corrected chi connectivity index (χ0v) is 10.5. The molecular weight excluding hydrogens is 288 g/mol. The van der Waals surface area contributed by atoms with Crippen LogP contribution in [0, 0.1) is 5.82 Å². The van der Waals surface area contributed by atoms with Gasteiger partial charge < -0.3 is 11.1 Å². The van der Waals surface area contributed by atoms with Crippen molar-refractivity contribution < 1.29 is 22.4 Å². The minimum atomic E-state index is -4.65. The summed E-state index contributed by atoms with van der Waals surface area (Å²) in [6.45, 7) is 0. The lowest BCUT2D eigenvalue weighted by Gasteiger charge is -2.13. The van der Waals surface area contributed by atoms with E-state index in [-0.39, 0.29) is 11.3 Å². The lowest BCUT2D eigenvalue weighted by atomic mass is 10.1. The summed E-state index contributed by atoms with van der Waals surface area (Å²) in [6, 6.07) is 8.02. The molecule has 0 radical (unpaired) electrons. The summed E-state index contributed by atoms with van der Waals surface area (Å²) in [5, 5.41) is 2.29. The van der Waals surface area contributed by atoms with Crippen LogP contribution in [-0.2, 0) is 6.18 Å². The van der Waals surface area contributed by atoms with E-state index in [1.165, 1.54) is 24.3 Å². The number of hydrogen-bond acceptors (Lipinski definition) is 2. The first-order valence-electron chi connectivity index (χ1n) is 5.81. The van der Waals surface area contributed by atoms with E-state index in [0.29, 0.717) is 0 Å². The third-order valence-electron chi connectivity index (χ3n) is 2.74. The molecule has 3 N–H and O–H groups in total. The summed E-state index contributed by atoms with van der Waals surface area (Å²) in [7, 11) is 0. The van der Waals surface area contributed by atoms with Crippen LogP contribution in [0.3, 0.4) is 0 Å². The number of alkyl halides is 3. The molecule has 2 aromatic carbocycles. The molecule has 2 aromatic rings. The molecule has 3 nitrogen and oxygen atoms in total. The number of rotatable bonds is 2. The molecular formula is C14H10F4N2O. The Morgan fingerprint density at radius 3 is 2.38 bits per heavy atom. The molecule has 110 valence electrons. The molecule has 0 fully saturated rings. The number of carbonyl (C=O) groups is 1. The molecule has 0 bridgehead atoms. The van der Waals surface area contributed by atoms with Crippen molar-refractivity contribution in [2.24, 2.45) is 0 Å². The van der Waals surface area contributed by atoms with Crippen LogP contribution in [0.25, 0.3) is 0 Å². The van der Waals surface area contributed by atoms with Gasteiger partial charge in [0, 0.05) is 5.69 Å². The van der Waals surface area contributed by atoms with E-state index in [1.54, 1.807) is 0 Å². The van der Waals surface area contributed by atoms with Crippen molar-refractivity contribution in [2.45, 2.75) is 6.18 Å². The summed E-state index contributed by atoms with van der Waals surface area (Å²) in [5.41, 5.74) is 3.44. The van der Waals surface area contributed by atoms with Gasteiger partial charge in [0.25, 0.3) is 5.91 Å². The minimum Gasteiger partial charge on any atom is -0.398 e. The number of nitrogen functional groups attached to an aromatic ring is 1. The molecule has 2 rings (SSSR count). The van der Waals surface area contributed by atoms with Gasteiger partial charge in [-0.15, -0.1) is 0 Å². The largest absolute Gasteiger partial charge is 0.418 e. The Morgan fingerprint density at radius 1 is 1.10 bits per heavy atom. The number of hydrogen-bond donors (Lipinski definition) is 2. The van der Waals surface area contributed by atoms with E-state index in [0.717, 1.165) is 18.2 Å². The van der Waals surface area contributed by atoms with Crippen LogP contribution in [0.15, 0.2) is 42.5 Å². The zero-order valence-electron chi connectivity index (χ0n) is 10.5. The van der Waals surface area contributed by atoms with Crippen molar-refractivity contribution in [3.05, 3.63) is 59.4 Å². The monoisotopic (exact) mass is 298 g/mol. The molecule has 0 aliphatic heterocycles. The van der Waals surface area contributed by atoms with Crippen LogP contribution in [0.1, 0.15) is 15.9 Å². The first-order valence-corrected chi connectivity index (χ1v) is 5.81. The second-order valence-electron chi connectivity index (χ2n) is 4.23. The maximum absolute atomic E-state index is 13.0. The first kappa shape index (κ1) is 14.8. The van der Waals surface area contributed by atoms with E-state index < -0.39 is 29.2 Å². The smallest absolute Gasteiger partial charge is 0.398 e. The fraction of sp³-hybridized carbons (Fsp3) is 0.0714. The Balaban J connectivity index is 2.32. The van der Waals surface area contributed by atoms with Gasteiger partial charge in [0.1, 0.15) is 5.82 Å². The SMILES string of the molecule is Nc1c(C(=O)Nc2cccc(F)c2)cccc1C(F)(F)F. The molecule has 21 heavy (non-hydrogen) atoms. The fourth-order valence-electron chi connectivity index (χ4n) is 1.78. The molecule has 7 heteroatoms. The molecule has 0 spiro atoms. The Bertz CT molecular complexity index is 683. The number of nitrogens with one attached hydrogen (secondary N) is 1. The lowest BCUT2D eigenvalue weighted by molar-refractivity contribution is -0.136. The predicted molar refractivity (Wildman–Crippen MR) is 70.2 cm³/mol. The summed E-state index contributed by atoms with van der Waals surface area (Å²) in [6.07, 6.45) is -4.65. The van der Waals surface area contributed by atoms with Gasteiger partial charge in [0.15, 0.2) is 0 Å². The summed E-state index contributed by atoms with van der Waals surface area (Å²) in [5.74, 6) is -1.42. The van der Waals surface area contributed by atoms with Crippen molar-refractivity contribution >= 4 is 17.3 Å². The van der Waals surface area contributed by atoms with Gasteiger partial charge in [0.2, 0.25) is 0 Å². The van der Waals surface area contributed by atoms with Gasteiger partial charge in [0.05, 0.1) is 16.8 Å². The molecule has 0 aromatic heterocycles. The highest BCUT2D eigenvalue weighted by Crippen LogP contribution is 2.35. The Kier molecular flexibility index (Phi) is 3.84. The van der Waals surface area contributed by atoms with E-state index in [2.05, 4.69) is 5.32 Å². The summed E-state index contributed by atoms with van der Waals surface area (Å²) in [4.78, 5) is 11.9. The van der Waals surface area contributed by atoms with Crippen LogP contribution in [0.2, 0.25) is 0 Å². The van der Waals surface area contributed by atoms with Crippen LogP contribution in [0.5, 0.6) is 0 Å². The first-order chi connectivity index (χ1) is 9.79. The van der Waals surface area contributed by atoms with E-state index in [4.69, 9.17) is 5.73 Å². The number of carbonyl (C=O) groups excluding carboxylic acids is 1. The van der Waals surface area contributed by atoms with Crippen LogP contribution >= 0.6 is 0 Å². The average Bonchev–Trinajstić information content (AvgIpc) is 2.37. The number of nitrogens with two attached hydrogens (primary N) is 1. The zero-order chi connectivity index (χ0) is 15.6. The van der Waals surface area contributed by atoms with Crippen molar-refractivity contribution in [3.63, 3.8) is 0 Å². The highest BCUT2D eigenvalue weighted by atomic mass is 19.4. The normalized spacial score (nSPS) is 11.2. The standard InChI is InChI=1S/C14H10F4N2O/c15-8-3-1-4-9(7-8)20-13(21)10-5-2-6-11(12(10)19)14(16,17)18/h1-7H,19H2,(H,20,21). The highest BCUT2D eigenvalue weighted by Gasteiger charge is 2.34. The lowest BCUT2D eigenvalue weighted by Crippen LogP contribution is -2.17. The van der Waals surface area contributed by atoms with Crippen LogP contribution in [0.4, 0.5) is 28.9 Å². The Morgan fingerprint density at radius 2 is 1.76 bits per heavy atom. The van der Waals surface area contributed by atoms with Gasteiger partial charge in [-0.05, 0) is 30.3 Å². The maximum atomic E-state index is 13.0. The minimum absolute atomic E-state index is 0.122.